The fourth-order valence-electron chi connectivity index (χ4n) is 0.870. The second kappa shape index (κ2) is 3.76. The first-order valence-corrected chi connectivity index (χ1v) is 3.54. The molecule has 1 N–H and O–H groups in total. The van der Waals surface area contributed by atoms with Gasteiger partial charge in [0.1, 0.15) is 0 Å². The normalized spacial score (nSPS) is 10.6. The number of benzene rings is 1. The van der Waals surface area contributed by atoms with Gasteiger partial charge in [-0.3, -0.25) is 0 Å². The minimum absolute atomic E-state index is 0.691. The lowest BCUT2D eigenvalue weighted by Crippen LogP contribution is -1.85. The average molecular weight is 149 g/mol. The number of hydrogen-bond donors (Lipinski definition) is 1. The van der Waals surface area contributed by atoms with Crippen LogP contribution >= 0.6 is 0 Å². The highest BCUT2D eigenvalue weighted by atomic mass is 16.4. The Balaban J connectivity index is 2.66. The molecule has 1 aromatic carbocycles. The molecule has 0 spiro atoms. The van der Waals surface area contributed by atoms with Crippen molar-refractivity contribution in [1.82, 2.24) is 0 Å². The maximum absolute atomic E-state index is 8.15. The molecule has 0 saturated carbocycles. The van der Waals surface area contributed by atoms with Crippen molar-refractivity contribution in [3.63, 3.8) is 0 Å². The van der Waals surface area contributed by atoms with Crippen LogP contribution in [0.3, 0.4) is 0 Å². The van der Waals surface area contributed by atoms with Crippen LogP contribution in [0.15, 0.2) is 29.4 Å². The van der Waals surface area contributed by atoms with Gasteiger partial charge in [0.05, 0.1) is 0 Å². The maximum atomic E-state index is 8.15. The molecule has 0 aromatic heterocycles. The Bertz CT molecular complexity index is 238. The second-order valence-corrected chi connectivity index (χ2v) is 2.49. The van der Waals surface area contributed by atoms with Crippen LogP contribution in [0.2, 0.25) is 0 Å². The summed E-state index contributed by atoms with van der Waals surface area (Å²) in [4.78, 5) is 0. The zero-order valence-electron chi connectivity index (χ0n) is 6.49. The summed E-state index contributed by atoms with van der Waals surface area (Å²) in [7, 11) is 0. The molecule has 11 heavy (non-hydrogen) atoms. The maximum Gasteiger partial charge on any atom is 0.0479 e. The lowest BCUT2D eigenvalue weighted by molar-refractivity contribution is 0.321. The van der Waals surface area contributed by atoms with E-state index >= 15 is 0 Å². The topological polar surface area (TPSA) is 32.6 Å². The lowest BCUT2D eigenvalue weighted by Gasteiger charge is -1.95. The molecule has 0 saturated heterocycles. The molecule has 0 fully saturated rings. The van der Waals surface area contributed by atoms with Gasteiger partial charge in [0.25, 0.3) is 0 Å². The predicted octanol–water partition coefficient (Wildman–Crippen LogP) is 2.00. The van der Waals surface area contributed by atoms with Crippen molar-refractivity contribution >= 4 is 6.21 Å². The zero-order chi connectivity index (χ0) is 8.10. The van der Waals surface area contributed by atoms with E-state index in [9.17, 15) is 0 Å². The molecule has 1 aromatic rings. The summed E-state index contributed by atoms with van der Waals surface area (Å²) in [6.45, 7) is 2.05. The second-order valence-electron chi connectivity index (χ2n) is 2.49. The summed E-state index contributed by atoms with van der Waals surface area (Å²) in [5.41, 5.74) is 2.41. The Morgan fingerprint density at radius 1 is 1.36 bits per heavy atom. The molecular formula is C9H11NO. The van der Waals surface area contributed by atoms with Gasteiger partial charge in [-0.25, -0.2) is 0 Å². The van der Waals surface area contributed by atoms with Crippen molar-refractivity contribution in [2.24, 2.45) is 5.16 Å². The van der Waals surface area contributed by atoms with Gasteiger partial charge in [-0.1, -0.05) is 29.8 Å². The van der Waals surface area contributed by atoms with Gasteiger partial charge in [0, 0.05) is 12.6 Å². The molecule has 0 aliphatic rings. The van der Waals surface area contributed by atoms with Crippen LogP contribution in [0.4, 0.5) is 0 Å². The molecule has 2 nitrogen and oxygen atoms in total. The van der Waals surface area contributed by atoms with E-state index in [0.717, 1.165) is 5.56 Å². The Kier molecular flexibility index (Phi) is 2.66. The Hall–Kier alpha value is -1.31. The number of aryl methyl sites for hydroxylation is 1. The molecule has 58 valence electrons. The first-order valence-electron chi connectivity index (χ1n) is 3.54. The molecule has 0 atom stereocenters. The largest absolute Gasteiger partial charge is 0.411 e. The Morgan fingerprint density at radius 3 is 2.55 bits per heavy atom. The summed E-state index contributed by atoms with van der Waals surface area (Å²) >= 11 is 0. The van der Waals surface area contributed by atoms with Crippen LogP contribution in [-0.2, 0) is 6.42 Å². The van der Waals surface area contributed by atoms with Crippen molar-refractivity contribution in [3.05, 3.63) is 35.4 Å². The van der Waals surface area contributed by atoms with E-state index in [1.165, 1.54) is 11.8 Å². The minimum atomic E-state index is 0.691. The summed E-state index contributed by atoms with van der Waals surface area (Å²) in [5.74, 6) is 0. The number of hydrogen-bond acceptors (Lipinski definition) is 2. The summed E-state index contributed by atoms with van der Waals surface area (Å²) < 4.78 is 0. The highest BCUT2D eigenvalue weighted by Gasteiger charge is 1.88. The van der Waals surface area contributed by atoms with Crippen LogP contribution < -0.4 is 0 Å². The van der Waals surface area contributed by atoms with Crippen LogP contribution in [0.1, 0.15) is 11.1 Å². The van der Waals surface area contributed by atoms with Gasteiger partial charge < -0.3 is 5.21 Å². The van der Waals surface area contributed by atoms with Crippen molar-refractivity contribution in [2.75, 3.05) is 0 Å². The van der Waals surface area contributed by atoms with Gasteiger partial charge >= 0.3 is 0 Å². The highest BCUT2D eigenvalue weighted by molar-refractivity contribution is 5.60. The standard InChI is InChI=1S/C9H11NO/c1-8-2-4-9(5-3-8)6-7-10-11/h2-5,7,11H,6H2,1H3/b10-7-. The molecule has 1 rings (SSSR count). The van der Waals surface area contributed by atoms with Crippen LogP contribution in [0, 0.1) is 6.92 Å². The van der Waals surface area contributed by atoms with E-state index in [1.54, 1.807) is 0 Å². The first-order chi connectivity index (χ1) is 5.33. The summed E-state index contributed by atoms with van der Waals surface area (Å²) in [6, 6.07) is 8.13. The van der Waals surface area contributed by atoms with Gasteiger partial charge in [0.15, 0.2) is 0 Å². The average Bonchev–Trinajstić information content (AvgIpc) is 2.04. The van der Waals surface area contributed by atoms with E-state index < -0.39 is 0 Å². The molecule has 0 amide bonds. The van der Waals surface area contributed by atoms with E-state index in [-0.39, 0.29) is 0 Å². The highest BCUT2D eigenvalue weighted by Crippen LogP contribution is 2.02. The van der Waals surface area contributed by atoms with E-state index in [2.05, 4.69) is 5.16 Å². The number of nitrogens with zero attached hydrogens (tertiary/aromatic N) is 1. The third-order valence-corrected chi connectivity index (χ3v) is 1.53. The van der Waals surface area contributed by atoms with Crippen LogP contribution in [-0.4, -0.2) is 11.4 Å². The third-order valence-electron chi connectivity index (χ3n) is 1.53. The summed E-state index contributed by atoms with van der Waals surface area (Å²) in [5, 5.41) is 11.1. The monoisotopic (exact) mass is 149 g/mol. The van der Waals surface area contributed by atoms with Crippen LogP contribution in [0.25, 0.3) is 0 Å². The van der Waals surface area contributed by atoms with Crippen molar-refractivity contribution in [1.29, 1.82) is 0 Å². The molecule has 2 heteroatoms. The van der Waals surface area contributed by atoms with E-state index in [4.69, 9.17) is 5.21 Å². The molecule has 0 bridgehead atoms. The quantitative estimate of drug-likeness (QED) is 0.389. The number of rotatable bonds is 2. The van der Waals surface area contributed by atoms with Gasteiger partial charge in [0.2, 0.25) is 0 Å². The third kappa shape index (κ3) is 2.42. The Morgan fingerprint density at radius 2 is 2.00 bits per heavy atom. The molecule has 0 unspecified atom stereocenters. The molecule has 0 aliphatic carbocycles. The van der Waals surface area contributed by atoms with Crippen LogP contribution in [0.5, 0.6) is 0 Å². The first kappa shape index (κ1) is 7.79. The molecule has 0 aliphatic heterocycles. The number of oxime groups is 1. The van der Waals surface area contributed by atoms with Crippen molar-refractivity contribution < 1.29 is 5.21 Å². The van der Waals surface area contributed by atoms with Crippen molar-refractivity contribution in [2.45, 2.75) is 13.3 Å². The fourth-order valence-corrected chi connectivity index (χ4v) is 0.870. The van der Waals surface area contributed by atoms with E-state index in [0.29, 0.717) is 6.42 Å². The fraction of sp³-hybridized carbons (Fsp3) is 0.222. The zero-order valence-corrected chi connectivity index (χ0v) is 6.49. The summed E-state index contributed by atoms with van der Waals surface area (Å²) in [6.07, 6.45) is 2.17. The van der Waals surface area contributed by atoms with Crippen molar-refractivity contribution in [3.8, 4) is 0 Å². The predicted molar refractivity (Wildman–Crippen MR) is 45.2 cm³/mol. The minimum Gasteiger partial charge on any atom is -0.411 e. The molecule has 0 radical (unpaired) electrons. The smallest absolute Gasteiger partial charge is 0.0479 e. The van der Waals surface area contributed by atoms with Gasteiger partial charge in [-0.2, -0.15) is 0 Å². The van der Waals surface area contributed by atoms with Gasteiger partial charge in [-0.15, -0.1) is 5.16 Å². The molecular weight excluding hydrogens is 138 g/mol. The lowest BCUT2D eigenvalue weighted by atomic mass is 10.1. The van der Waals surface area contributed by atoms with Gasteiger partial charge in [-0.05, 0) is 12.5 Å². The molecule has 0 heterocycles. The van der Waals surface area contributed by atoms with E-state index in [1.807, 2.05) is 31.2 Å². The Labute approximate surface area is 66.2 Å². The SMILES string of the molecule is Cc1ccc(C/C=N\O)cc1.